The van der Waals surface area contributed by atoms with E-state index >= 15 is 0 Å². The zero-order valence-electron chi connectivity index (χ0n) is 12.7. The van der Waals surface area contributed by atoms with E-state index in [0.29, 0.717) is 31.6 Å². The van der Waals surface area contributed by atoms with Gasteiger partial charge in [-0.1, -0.05) is 12.8 Å². The third-order valence-corrected chi connectivity index (χ3v) is 3.20. The molecular weight excluding hydrogens is 285 g/mol. The summed E-state index contributed by atoms with van der Waals surface area (Å²) in [5.41, 5.74) is 5.79. The van der Waals surface area contributed by atoms with Gasteiger partial charge in [0, 0.05) is 25.1 Å². The predicted octanol–water partition coefficient (Wildman–Crippen LogP) is 1.58. The standard InChI is InChI=1S/C16H24FN3O2/c17-14-8-6-13(7-9-14)16(22)20-12-11-19-15(21)5-3-1-2-4-10-18/h6-9H,1-5,10-12,18H2,(H,19,21)(H,20,22). The summed E-state index contributed by atoms with van der Waals surface area (Å²) in [6.45, 7) is 1.42. The van der Waals surface area contributed by atoms with Crippen molar-refractivity contribution in [1.29, 1.82) is 0 Å². The van der Waals surface area contributed by atoms with Crippen LogP contribution in [0.3, 0.4) is 0 Å². The number of amides is 2. The van der Waals surface area contributed by atoms with Crippen LogP contribution in [0.15, 0.2) is 24.3 Å². The number of benzene rings is 1. The lowest BCUT2D eigenvalue weighted by Crippen LogP contribution is -2.34. The predicted molar refractivity (Wildman–Crippen MR) is 83.9 cm³/mol. The fourth-order valence-electron chi connectivity index (χ4n) is 1.95. The fourth-order valence-corrected chi connectivity index (χ4v) is 1.95. The number of rotatable bonds is 10. The van der Waals surface area contributed by atoms with Crippen LogP contribution in [-0.4, -0.2) is 31.4 Å². The van der Waals surface area contributed by atoms with Gasteiger partial charge in [-0.2, -0.15) is 0 Å². The first kappa shape index (κ1) is 18.1. The van der Waals surface area contributed by atoms with Crippen LogP contribution in [0, 0.1) is 5.82 Å². The number of carbonyl (C=O) groups is 2. The van der Waals surface area contributed by atoms with E-state index in [9.17, 15) is 14.0 Å². The summed E-state index contributed by atoms with van der Waals surface area (Å²) in [5, 5.41) is 5.42. The van der Waals surface area contributed by atoms with Gasteiger partial charge in [-0.15, -0.1) is 0 Å². The monoisotopic (exact) mass is 309 g/mol. The van der Waals surface area contributed by atoms with Crippen molar-refractivity contribution in [3.8, 4) is 0 Å². The molecule has 0 radical (unpaired) electrons. The van der Waals surface area contributed by atoms with Crippen molar-refractivity contribution in [3.63, 3.8) is 0 Å². The minimum absolute atomic E-state index is 0.0104. The van der Waals surface area contributed by atoms with Crippen LogP contribution in [0.5, 0.6) is 0 Å². The van der Waals surface area contributed by atoms with Gasteiger partial charge in [0.15, 0.2) is 0 Å². The summed E-state index contributed by atoms with van der Waals surface area (Å²) in [7, 11) is 0. The third kappa shape index (κ3) is 7.73. The Morgan fingerprint density at radius 3 is 2.27 bits per heavy atom. The SMILES string of the molecule is NCCCCCCC(=O)NCCNC(=O)c1ccc(F)cc1. The maximum atomic E-state index is 12.7. The van der Waals surface area contributed by atoms with Crippen molar-refractivity contribution in [3.05, 3.63) is 35.6 Å². The molecule has 0 aliphatic carbocycles. The Hall–Kier alpha value is -1.95. The maximum Gasteiger partial charge on any atom is 0.251 e. The van der Waals surface area contributed by atoms with Crippen LogP contribution < -0.4 is 16.4 Å². The number of hydrogen-bond donors (Lipinski definition) is 3. The van der Waals surface area contributed by atoms with E-state index in [1.165, 1.54) is 24.3 Å². The lowest BCUT2D eigenvalue weighted by atomic mass is 10.1. The van der Waals surface area contributed by atoms with Crippen molar-refractivity contribution >= 4 is 11.8 Å². The molecule has 122 valence electrons. The van der Waals surface area contributed by atoms with Gasteiger partial charge in [0.05, 0.1) is 0 Å². The normalized spacial score (nSPS) is 10.3. The van der Waals surface area contributed by atoms with Crippen molar-refractivity contribution in [2.45, 2.75) is 32.1 Å². The molecular formula is C16H24FN3O2. The molecule has 0 aromatic heterocycles. The molecule has 1 aromatic rings. The lowest BCUT2D eigenvalue weighted by molar-refractivity contribution is -0.121. The van der Waals surface area contributed by atoms with E-state index in [4.69, 9.17) is 5.73 Å². The molecule has 0 saturated heterocycles. The molecule has 0 aliphatic heterocycles. The van der Waals surface area contributed by atoms with E-state index in [-0.39, 0.29) is 17.6 Å². The minimum Gasteiger partial charge on any atom is -0.354 e. The van der Waals surface area contributed by atoms with Crippen molar-refractivity contribution in [2.75, 3.05) is 19.6 Å². The minimum atomic E-state index is -0.379. The van der Waals surface area contributed by atoms with Gasteiger partial charge < -0.3 is 16.4 Å². The summed E-state index contributed by atoms with van der Waals surface area (Å²) < 4.78 is 12.7. The molecule has 22 heavy (non-hydrogen) atoms. The number of nitrogens with two attached hydrogens (primary N) is 1. The number of hydrogen-bond acceptors (Lipinski definition) is 3. The summed E-state index contributed by atoms with van der Waals surface area (Å²) in [4.78, 5) is 23.3. The van der Waals surface area contributed by atoms with Crippen LogP contribution >= 0.6 is 0 Å². The first-order valence-corrected chi connectivity index (χ1v) is 7.64. The molecule has 0 atom stereocenters. The molecule has 5 nitrogen and oxygen atoms in total. The maximum absolute atomic E-state index is 12.7. The van der Waals surface area contributed by atoms with Gasteiger partial charge in [-0.25, -0.2) is 4.39 Å². The summed E-state index contributed by atoms with van der Waals surface area (Å²) in [5.74, 6) is -0.671. The van der Waals surface area contributed by atoms with Crippen molar-refractivity contribution < 1.29 is 14.0 Å². The second-order valence-corrected chi connectivity index (χ2v) is 5.07. The molecule has 1 aromatic carbocycles. The Bertz CT molecular complexity index is 463. The molecule has 0 spiro atoms. The summed E-state index contributed by atoms with van der Waals surface area (Å²) in [6.07, 6.45) is 4.41. The average molecular weight is 309 g/mol. The van der Waals surface area contributed by atoms with Crippen LogP contribution in [0.2, 0.25) is 0 Å². The van der Waals surface area contributed by atoms with Gasteiger partial charge in [0.2, 0.25) is 5.91 Å². The van der Waals surface area contributed by atoms with Crippen LogP contribution in [0.4, 0.5) is 4.39 Å². The van der Waals surface area contributed by atoms with E-state index in [2.05, 4.69) is 10.6 Å². The second kappa shape index (κ2) is 10.7. The molecule has 0 unspecified atom stereocenters. The molecule has 0 heterocycles. The van der Waals surface area contributed by atoms with E-state index in [0.717, 1.165) is 25.7 Å². The highest BCUT2D eigenvalue weighted by molar-refractivity contribution is 5.94. The second-order valence-electron chi connectivity index (χ2n) is 5.07. The summed E-state index contributed by atoms with van der Waals surface area (Å²) >= 11 is 0. The van der Waals surface area contributed by atoms with Crippen molar-refractivity contribution in [1.82, 2.24) is 10.6 Å². The van der Waals surface area contributed by atoms with Gasteiger partial charge in [0.25, 0.3) is 5.91 Å². The van der Waals surface area contributed by atoms with Gasteiger partial charge >= 0.3 is 0 Å². The molecule has 0 bridgehead atoms. The Morgan fingerprint density at radius 1 is 0.955 bits per heavy atom. The Balaban J connectivity index is 2.08. The zero-order valence-corrected chi connectivity index (χ0v) is 12.7. The van der Waals surface area contributed by atoms with Gasteiger partial charge in [-0.05, 0) is 43.7 Å². The van der Waals surface area contributed by atoms with E-state index in [1.807, 2.05) is 0 Å². The number of halogens is 1. The molecule has 1 rings (SSSR count). The largest absolute Gasteiger partial charge is 0.354 e. The zero-order chi connectivity index (χ0) is 16.2. The third-order valence-electron chi connectivity index (χ3n) is 3.20. The van der Waals surface area contributed by atoms with Crippen LogP contribution in [0.1, 0.15) is 42.5 Å². The molecule has 4 N–H and O–H groups in total. The fraction of sp³-hybridized carbons (Fsp3) is 0.500. The molecule has 0 fully saturated rings. The molecule has 6 heteroatoms. The van der Waals surface area contributed by atoms with Gasteiger partial charge in [0.1, 0.15) is 5.82 Å². The molecule has 2 amide bonds. The number of unbranched alkanes of at least 4 members (excludes halogenated alkanes) is 3. The van der Waals surface area contributed by atoms with Gasteiger partial charge in [-0.3, -0.25) is 9.59 Å². The summed E-state index contributed by atoms with van der Waals surface area (Å²) in [6, 6.07) is 5.32. The highest BCUT2D eigenvalue weighted by atomic mass is 19.1. The highest BCUT2D eigenvalue weighted by Crippen LogP contribution is 2.02. The topological polar surface area (TPSA) is 84.2 Å². The van der Waals surface area contributed by atoms with Crippen molar-refractivity contribution in [2.24, 2.45) is 5.73 Å². The Labute approximate surface area is 130 Å². The first-order chi connectivity index (χ1) is 10.6. The highest BCUT2D eigenvalue weighted by Gasteiger charge is 2.05. The number of nitrogens with one attached hydrogen (secondary N) is 2. The quantitative estimate of drug-likeness (QED) is 0.574. The lowest BCUT2D eigenvalue weighted by Gasteiger charge is -2.07. The van der Waals surface area contributed by atoms with E-state index in [1.54, 1.807) is 0 Å². The smallest absolute Gasteiger partial charge is 0.251 e. The first-order valence-electron chi connectivity index (χ1n) is 7.64. The van der Waals surface area contributed by atoms with Crippen LogP contribution in [-0.2, 0) is 4.79 Å². The van der Waals surface area contributed by atoms with E-state index < -0.39 is 0 Å². The average Bonchev–Trinajstić information content (AvgIpc) is 2.52. The Morgan fingerprint density at radius 2 is 1.59 bits per heavy atom. The number of carbonyl (C=O) groups excluding carboxylic acids is 2. The van der Waals surface area contributed by atoms with Crippen LogP contribution in [0.25, 0.3) is 0 Å². The molecule has 0 aliphatic rings. The Kier molecular flexibility index (Phi) is 8.83. The molecule has 0 saturated carbocycles.